The number of ether oxygens (including phenoxy) is 1. The highest BCUT2D eigenvalue weighted by molar-refractivity contribution is 14.1. The highest BCUT2D eigenvalue weighted by Gasteiger charge is 1.95. The second-order valence-electron chi connectivity index (χ2n) is 1.99. The Labute approximate surface area is 90.2 Å². The molecule has 0 unspecified atom stereocenters. The lowest BCUT2D eigenvalue weighted by molar-refractivity contribution is 0.367. The third-order valence-corrected chi connectivity index (χ3v) is 2.23. The van der Waals surface area contributed by atoms with Gasteiger partial charge in [0.25, 0.3) is 0 Å². The molecule has 0 bridgehead atoms. The SMILES string of the molecule is ClC#CCOc1ccccc1I. The van der Waals surface area contributed by atoms with Gasteiger partial charge in [0, 0.05) is 5.38 Å². The molecule has 0 saturated heterocycles. The van der Waals surface area contributed by atoms with Gasteiger partial charge >= 0.3 is 0 Å². The molecule has 0 aliphatic heterocycles. The molecule has 1 aromatic rings. The van der Waals surface area contributed by atoms with Crippen LogP contribution in [0.2, 0.25) is 0 Å². The number of hydrogen-bond donors (Lipinski definition) is 0. The van der Waals surface area contributed by atoms with Crippen molar-refractivity contribution in [1.29, 1.82) is 0 Å². The van der Waals surface area contributed by atoms with Crippen LogP contribution < -0.4 is 4.74 Å². The van der Waals surface area contributed by atoms with Gasteiger partial charge in [-0.2, -0.15) is 0 Å². The van der Waals surface area contributed by atoms with Gasteiger partial charge in [-0.15, -0.1) is 0 Å². The molecule has 1 nitrogen and oxygen atoms in total. The van der Waals surface area contributed by atoms with Crippen molar-refractivity contribution in [2.75, 3.05) is 6.61 Å². The first kappa shape index (κ1) is 9.69. The molecular formula is C9H6ClIO. The quantitative estimate of drug-likeness (QED) is 0.601. The van der Waals surface area contributed by atoms with Gasteiger partial charge in [-0.3, -0.25) is 0 Å². The van der Waals surface area contributed by atoms with E-state index >= 15 is 0 Å². The average Bonchev–Trinajstić information content (AvgIpc) is 2.09. The second-order valence-corrected chi connectivity index (χ2v) is 3.34. The first-order chi connectivity index (χ1) is 5.84. The van der Waals surface area contributed by atoms with Gasteiger partial charge in [-0.1, -0.05) is 12.1 Å². The molecule has 0 spiro atoms. The van der Waals surface area contributed by atoms with Gasteiger partial charge in [0.15, 0.2) is 0 Å². The Bertz CT molecular complexity index is 314. The molecule has 0 aliphatic rings. The monoisotopic (exact) mass is 292 g/mol. The van der Waals surface area contributed by atoms with Crippen molar-refractivity contribution in [3.8, 4) is 17.0 Å². The van der Waals surface area contributed by atoms with Crippen molar-refractivity contribution >= 4 is 34.2 Å². The van der Waals surface area contributed by atoms with Gasteiger partial charge in [0.2, 0.25) is 0 Å². The van der Waals surface area contributed by atoms with Crippen molar-refractivity contribution in [1.82, 2.24) is 0 Å². The van der Waals surface area contributed by atoms with E-state index in [1.807, 2.05) is 24.3 Å². The maximum absolute atomic E-state index is 5.31. The van der Waals surface area contributed by atoms with E-state index in [2.05, 4.69) is 33.9 Å². The van der Waals surface area contributed by atoms with Gasteiger partial charge in [-0.05, 0) is 52.2 Å². The van der Waals surface area contributed by atoms with Crippen molar-refractivity contribution in [3.05, 3.63) is 27.8 Å². The van der Waals surface area contributed by atoms with Crippen molar-refractivity contribution in [3.63, 3.8) is 0 Å². The van der Waals surface area contributed by atoms with Crippen LogP contribution in [0.5, 0.6) is 5.75 Å². The van der Waals surface area contributed by atoms with E-state index in [0.717, 1.165) is 9.32 Å². The lowest BCUT2D eigenvalue weighted by Crippen LogP contribution is -1.94. The first-order valence-corrected chi connectivity index (χ1v) is 4.76. The Hall–Kier alpha value is -0.400. The molecule has 1 aromatic carbocycles. The minimum absolute atomic E-state index is 0.337. The molecule has 0 N–H and O–H groups in total. The zero-order valence-electron chi connectivity index (χ0n) is 6.18. The van der Waals surface area contributed by atoms with Crippen LogP contribution in [0.4, 0.5) is 0 Å². The largest absolute Gasteiger partial charge is 0.480 e. The molecule has 0 heterocycles. The summed E-state index contributed by atoms with van der Waals surface area (Å²) < 4.78 is 6.39. The predicted octanol–water partition coefficient (Wildman–Crippen LogP) is 2.87. The van der Waals surface area contributed by atoms with Gasteiger partial charge in [0.1, 0.15) is 12.4 Å². The average molecular weight is 293 g/mol. The maximum Gasteiger partial charge on any atom is 0.150 e. The Morgan fingerprint density at radius 3 is 2.83 bits per heavy atom. The van der Waals surface area contributed by atoms with E-state index in [9.17, 15) is 0 Å². The zero-order chi connectivity index (χ0) is 8.81. The Balaban J connectivity index is 2.61. The molecule has 0 radical (unpaired) electrons. The molecule has 0 fully saturated rings. The topological polar surface area (TPSA) is 9.23 Å². The van der Waals surface area contributed by atoms with Crippen molar-refractivity contribution in [2.24, 2.45) is 0 Å². The van der Waals surface area contributed by atoms with Crippen LogP contribution in [0.3, 0.4) is 0 Å². The fourth-order valence-electron chi connectivity index (χ4n) is 0.703. The van der Waals surface area contributed by atoms with Crippen LogP contribution in [-0.2, 0) is 0 Å². The summed E-state index contributed by atoms with van der Waals surface area (Å²) >= 11 is 7.37. The maximum atomic E-state index is 5.31. The standard InChI is InChI=1S/C9H6ClIO/c10-6-3-7-12-9-5-2-1-4-8(9)11/h1-2,4-5H,7H2. The summed E-state index contributed by atoms with van der Waals surface area (Å²) in [5, 5.41) is 2.25. The molecule has 62 valence electrons. The number of hydrogen-bond acceptors (Lipinski definition) is 1. The molecule has 0 amide bonds. The predicted molar refractivity (Wildman–Crippen MR) is 58.3 cm³/mol. The Kier molecular flexibility index (Phi) is 4.26. The summed E-state index contributed by atoms with van der Waals surface area (Å²) in [5.74, 6) is 3.46. The van der Waals surface area contributed by atoms with Crippen molar-refractivity contribution < 1.29 is 4.74 Å². The Morgan fingerprint density at radius 2 is 2.17 bits per heavy atom. The molecule has 0 atom stereocenters. The summed E-state index contributed by atoms with van der Waals surface area (Å²) in [6, 6.07) is 7.76. The van der Waals surface area contributed by atoms with Gasteiger partial charge < -0.3 is 4.74 Å². The molecule has 0 aliphatic carbocycles. The van der Waals surface area contributed by atoms with E-state index in [-0.39, 0.29) is 0 Å². The summed E-state index contributed by atoms with van der Waals surface area (Å²) in [4.78, 5) is 0. The number of benzene rings is 1. The Morgan fingerprint density at radius 1 is 1.42 bits per heavy atom. The number of para-hydroxylation sites is 1. The van der Waals surface area contributed by atoms with E-state index < -0.39 is 0 Å². The lowest BCUT2D eigenvalue weighted by Gasteiger charge is -2.02. The number of halogens is 2. The summed E-state index contributed by atoms with van der Waals surface area (Å²) in [5.41, 5.74) is 0. The third-order valence-electron chi connectivity index (χ3n) is 1.20. The number of rotatable bonds is 2. The highest BCUT2D eigenvalue weighted by atomic mass is 127. The summed E-state index contributed by atoms with van der Waals surface area (Å²) in [7, 11) is 0. The third kappa shape index (κ3) is 2.92. The lowest BCUT2D eigenvalue weighted by atomic mass is 10.3. The fraction of sp³-hybridized carbons (Fsp3) is 0.111. The molecule has 12 heavy (non-hydrogen) atoms. The van der Waals surface area contributed by atoms with Crippen LogP contribution in [0, 0.1) is 14.9 Å². The second kappa shape index (κ2) is 5.28. The molecule has 3 heteroatoms. The summed E-state index contributed by atoms with van der Waals surface area (Å²) in [6.45, 7) is 0.337. The van der Waals surface area contributed by atoms with Gasteiger partial charge in [-0.25, -0.2) is 0 Å². The molecule has 1 rings (SSSR count). The van der Waals surface area contributed by atoms with E-state index in [1.165, 1.54) is 0 Å². The normalized spacial score (nSPS) is 8.50. The first-order valence-electron chi connectivity index (χ1n) is 3.30. The smallest absolute Gasteiger partial charge is 0.150 e. The van der Waals surface area contributed by atoms with Gasteiger partial charge in [0.05, 0.1) is 3.57 Å². The zero-order valence-corrected chi connectivity index (χ0v) is 9.09. The van der Waals surface area contributed by atoms with E-state index in [4.69, 9.17) is 16.3 Å². The molecule has 0 saturated carbocycles. The van der Waals surface area contributed by atoms with Crippen LogP contribution in [0.25, 0.3) is 0 Å². The molecular weight excluding hydrogens is 286 g/mol. The van der Waals surface area contributed by atoms with E-state index in [1.54, 1.807) is 0 Å². The highest BCUT2D eigenvalue weighted by Crippen LogP contribution is 2.19. The minimum atomic E-state index is 0.337. The fourth-order valence-corrected chi connectivity index (χ4v) is 1.30. The van der Waals surface area contributed by atoms with Crippen LogP contribution in [0.1, 0.15) is 0 Å². The van der Waals surface area contributed by atoms with Crippen LogP contribution >= 0.6 is 34.2 Å². The molecule has 0 aromatic heterocycles. The minimum Gasteiger partial charge on any atom is -0.480 e. The van der Waals surface area contributed by atoms with Crippen LogP contribution in [0.15, 0.2) is 24.3 Å². The van der Waals surface area contributed by atoms with Crippen LogP contribution in [-0.4, -0.2) is 6.61 Å². The van der Waals surface area contributed by atoms with E-state index in [0.29, 0.717) is 6.61 Å². The van der Waals surface area contributed by atoms with Crippen molar-refractivity contribution in [2.45, 2.75) is 0 Å². The summed E-state index contributed by atoms with van der Waals surface area (Å²) in [6.07, 6.45) is 0.